The highest BCUT2D eigenvalue weighted by Crippen LogP contribution is 2.16. The van der Waals surface area contributed by atoms with Gasteiger partial charge in [0.05, 0.1) is 6.54 Å². The van der Waals surface area contributed by atoms with Crippen LogP contribution in [0.5, 0.6) is 0 Å². The molecule has 0 aromatic heterocycles. The first-order valence-electron chi connectivity index (χ1n) is 8.44. The molecule has 3 N–H and O–H groups in total. The smallest absolute Gasteiger partial charge is 0.239 e. The van der Waals surface area contributed by atoms with Crippen molar-refractivity contribution < 1.29 is 4.79 Å². The van der Waals surface area contributed by atoms with Crippen LogP contribution < -0.4 is 16.0 Å². The summed E-state index contributed by atoms with van der Waals surface area (Å²) < 4.78 is 0. The Morgan fingerprint density at radius 1 is 1.08 bits per heavy atom. The Labute approximate surface area is 169 Å². The maximum absolute atomic E-state index is 11.8. The number of carbonyl (C=O) groups excluding carboxylic acids is 1. The second-order valence-electron chi connectivity index (χ2n) is 7.28. The van der Waals surface area contributed by atoms with Gasteiger partial charge in [0.15, 0.2) is 5.96 Å². The van der Waals surface area contributed by atoms with E-state index >= 15 is 0 Å². The molecule has 0 unspecified atom stereocenters. The third-order valence-corrected chi connectivity index (χ3v) is 3.66. The molecule has 5 nitrogen and oxygen atoms in total. The van der Waals surface area contributed by atoms with E-state index in [1.165, 1.54) is 22.3 Å². The van der Waals surface area contributed by atoms with Crippen LogP contribution in [0.15, 0.2) is 17.1 Å². The molecule has 0 radical (unpaired) electrons. The SMILES string of the molecule is CN=C(NCCc1c(C)cc(C)cc1C)NCC(=O)NC(C)(C)C.I. The number of nitrogens with one attached hydrogen (secondary N) is 3. The zero-order chi connectivity index (χ0) is 18.3. The second kappa shape index (κ2) is 10.6. The Bertz CT molecular complexity index is 583. The Morgan fingerprint density at radius 3 is 2.12 bits per heavy atom. The molecular formula is C19H33IN4O. The van der Waals surface area contributed by atoms with Crippen LogP contribution in [0.1, 0.15) is 43.0 Å². The fourth-order valence-corrected chi connectivity index (χ4v) is 2.76. The minimum Gasteiger partial charge on any atom is -0.356 e. The highest BCUT2D eigenvalue weighted by atomic mass is 127. The Kier molecular flexibility index (Phi) is 10.1. The molecule has 0 aliphatic heterocycles. The van der Waals surface area contributed by atoms with E-state index in [0.717, 1.165) is 13.0 Å². The van der Waals surface area contributed by atoms with Crippen molar-refractivity contribution in [1.29, 1.82) is 0 Å². The Hall–Kier alpha value is -1.31. The summed E-state index contributed by atoms with van der Waals surface area (Å²) in [5.41, 5.74) is 5.08. The van der Waals surface area contributed by atoms with Gasteiger partial charge in [-0.3, -0.25) is 9.79 Å². The van der Waals surface area contributed by atoms with Crippen LogP contribution in [0.3, 0.4) is 0 Å². The molecule has 1 aromatic rings. The van der Waals surface area contributed by atoms with Gasteiger partial charge in [0, 0.05) is 19.1 Å². The van der Waals surface area contributed by atoms with E-state index < -0.39 is 0 Å². The van der Waals surface area contributed by atoms with Gasteiger partial charge in [-0.1, -0.05) is 17.7 Å². The summed E-state index contributed by atoms with van der Waals surface area (Å²) in [4.78, 5) is 16.0. The van der Waals surface area contributed by atoms with Crippen LogP contribution in [-0.2, 0) is 11.2 Å². The van der Waals surface area contributed by atoms with Crippen LogP contribution in [-0.4, -0.2) is 37.5 Å². The number of hydrogen-bond donors (Lipinski definition) is 3. The quantitative estimate of drug-likeness (QED) is 0.360. The first-order chi connectivity index (χ1) is 11.1. The molecule has 0 spiro atoms. The van der Waals surface area contributed by atoms with E-state index in [-0.39, 0.29) is 42.0 Å². The molecule has 0 heterocycles. The topological polar surface area (TPSA) is 65.5 Å². The van der Waals surface area contributed by atoms with E-state index in [4.69, 9.17) is 0 Å². The van der Waals surface area contributed by atoms with E-state index in [0.29, 0.717) is 5.96 Å². The van der Waals surface area contributed by atoms with Crippen LogP contribution in [0, 0.1) is 20.8 Å². The molecule has 1 amide bonds. The molecule has 0 bridgehead atoms. The van der Waals surface area contributed by atoms with Crippen LogP contribution in [0.25, 0.3) is 0 Å². The summed E-state index contributed by atoms with van der Waals surface area (Å²) in [6.07, 6.45) is 0.923. The van der Waals surface area contributed by atoms with Crippen LogP contribution in [0.2, 0.25) is 0 Å². The lowest BCUT2D eigenvalue weighted by Crippen LogP contribution is -2.48. The highest BCUT2D eigenvalue weighted by molar-refractivity contribution is 14.0. The minimum absolute atomic E-state index is 0. The van der Waals surface area contributed by atoms with Crippen LogP contribution >= 0.6 is 24.0 Å². The lowest BCUT2D eigenvalue weighted by Gasteiger charge is -2.21. The number of aryl methyl sites for hydroxylation is 3. The summed E-state index contributed by atoms with van der Waals surface area (Å²) in [7, 11) is 1.71. The zero-order valence-corrected chi connectivity index (χ0v) is 18.9. The molecule has 0 aliphatic rings. The van der Waals surface area contributed by atoms with E-state index in [1.54, 1.807) is 7.05 Å². The number of halogens is 1. The van der Waals surface area contributed by atoms with Crippen molar-refractivity contribution in [2.24, 2.45) is 4.99 Å². The number of benzene rings is 1. The van der Waals surface area contributed by atoms with Gasteiger partial charge in [-0.25, -0.2) is 0 Å². The lowest BCUT2D eigenvalue weighted by atomic mass is 9.97. The molecule has 0 aliphatic carbocycles. The number of rotatable bonds is 5. The molecule has 6 heteroatoms. The maximum Gasteiger partial charge on any atom is 0.239 e. The van der Waals surface area contributed by atoms with Gasteiger partial charge in [-0.2, -0.15) is 0 Å². The van der Waals surface area contributed by atoms with Gasteiger partial charge < -0.3 is 16.0 Å². The number of nitrogens with zero attached hydrogens (tertiary/aromatic N) is 1. The predicted molar refractivity (Wildman–Crippen MR) is 117 cm³/mol. The highest BCUT2D eigenvalue weighted by Gasteiger charge is 2.13. The normalized spacial score (nSPS) is 11.6. The van der Waals surface area contributed by atoms with Crippen molar-refractivity contribution in [3.63, 3.8) is 0 Å². The molecular weight excluding hydrogens is 427 g/mol. The lowest BCUT2D eigenvalue weighted by molar-refractivity contribution is -0.121. The zero-order valence-electron chi connectivity index (χ0n) is 16.5. The number of amides is 1. The minimum atomic E-state index is -0.226. The molecule has 1 rings (SSSR count). The molecule has 142 valence electrons. The molecule has 0 fully saturated rings. The van der Waals surface area contributed by atoms with Gasteiger partial charge in [0.25, 0.3) is 0 Å². The molecule has 0 atom stereocenters. The van der Waals surface area contributed by atoms with E-state index in [1.807, 2.05) is 20.8 Å². The van der Waals surface area contributed by atoms with Crippen molar-refractivity contribution >= 4 is 35.8 Å². The van der Waals surface area contributed by atoms with Crippen molar-refractivity contribution in [3.05, 3.63) is 34.4 Å². The standard InChI is InChI=1S/C19H32N4O.HI/c1-13-10-14(2)16(15(3)11-13)8-9-21-18(20-7)22-12-17(24)23-19(4,5)6;/h10-11H,8-9,12H2,1-7H3,(H,23,24)(H2,20,21,22);1H. The van der Waals surface area contributed by atoms with Crippen LogP contribution in [0.4, 0.5) is 0 Å². The van der Waals surface area contributed by atoms with Crippen molar-refractivity contribution in [3.8, 4) is 0 Å². The number of hydrogen-bond acceptors (Lipinski definition) is 2. The number of carbonyl (C=O) groups is 1. The van der Waals surface area contributed by atoms with E-state index in [2.05, 4.69) is 53.8 Å². The molecule has 0 saturated heterocycles. The maximum atomic E-state index is 11.8. The number of aliphatic imine (C=N–C) groups is 1. The fraction of sp³-hybridized carbons (Fsp3) is 0.579. The Balaban J connectivity index is 0.00000576. The Morgan fingerprint density at radius 2 is 1.64 bits per heavy atom. The molecule has 1 aromatic carbocycles. The van der Waals surface area contributed by atoms with Gasteiger partial charge >= 0.3 is 0 Å². The summed E-state index contributed by atoms with van der Waals surface area (Å²) in [6.45, 7) is 13.3. The van der Waals surface area contributed by atoms with Gasteiger partial charge in [0.2, 0.25) is 5.91 Å². The largest absolute Gasteiger partial charge is 0.356 e. The third-order valence-electron chi connectivity index (χ3n) is 3.66. The second-order valence-corrected chi connectivity index (χ2v) is 7.28. The third kappa shape index (κ3) is 9.09. The van der Waals surface area contributed by atoms with Crippen molar-refractivity contribution in [2.75, 3.05) is 20.1 Å². The monoisotopic (exact) mass is 460 g/mol. The fourth-order valence-electron chi connectivity index (χ4n) is 2.76. The van der Waals surface area contributed by atoms with Crippen molar-refractivity contribution in [1.82, 2.24) is 16.0 Å². The molecule has 25 heavy (non-hydrogen) atoms. The first-order valence-corrected chi connectivity index (χ1v) is 8.44. The first kappa shape index (κ1) is 23.7. The number of guanidine groups is 1. The summed E-state index contributed by atoms with van der Waals surface area (Å²) >= 11 is 0. The van der Waals surface area contributed by atoms with E-state index in [9.17, 15) is 4.79 Å². The average Bonchev–Trinajstić information content (AvgIpc) is 2.42. The summed E-state index contributed by atoms with van der Waals surface area (Å²) in [5.74, 6) is 0.595. The van der Waals surface area contributed by atoms with Gasteiger partial charge in [-0.15, -0.1) is 24.0 Å². The summed E-state index contributed by atoms with van der Waals surface area (Å²) in [5, 5.41) is 9.22. The predicted octanol–water partition coefficient (Wildman–Crippen LogP) is 2.85. The van der Waals surface area contributed by atoms with Gasteiger partial charge in [-0.05, 0) is 64.7 Å². The molecule has 0 saturated carbocycles. The van der Waals surface area contributed by atoms with Gasteiger partial charge in [0.1, 0.15) is 0 Å². The van der Waals surface area contributed by atoms with Crippen molar-refractivity contribution in [2.45, 2.75) is 53.5 Å². The summed E-state index contributed by atoms with van der Waals surface area (Å²) in [6, 6.07) is 4.43. The average molecular weight is 460 g/mol.